The molecule has 0 bridgehead atoms. The summed E-state index contributed by atoms with van der Waals surface area (Å²) in [5.41, 5.74) is 5.70. The van der Waals surface area contributed by atoms with Gasteiger partial charge in [-0.15, -0.1) is 0 Å². The monoisotopic (exact) mass is 413 g/mol. The molecule has 154 valence electrons. The topological polar surface area (TPSA) is 78.5 Å². The summed E-state index contributed by atoms with van der Waals surface area (Å²) in [6, 6.07) is 14.1. The smallest absolute Gasteiger partial charge is 0.321 e. The predicted molar refractivity (Wildman–Crippen MR) is 115 cm³/mol. The molecule has 4 rings (SSSR count). The van der Waals surface area contributed by atoms with Gasteiger partial charge in [-0.1, -0.05) is 36.4 Å². The molecular formula is C22H27N3O3S. The van der Waals surface area contributed by atoms with E-state index in [0.29, 0.717) is 25.9 Å². The van der Waals surface area contributed by atoms with Crippen LogP contribution >= 0.6 is 0 Å². The van der Waals surface area contributed by atoms with E-state index in [9.17, 15) is 13.2 Å². The molecular weight excluding hydrogens is 386 g/mol. The summed E-state index contributed by atoms with van der Waals surface area (Å²) in [6.07, 6.45) is 2.07. The van der Waals surface area contributed by atoms with Crippen LogP contribution in [0.4, 0.5) is 10.5 Å². The average Bonchev–Trinajstić information content (AvgIpc) is 3.08. The van der Waals surface area contributed by atoms with Crippen molar-refractivity contribution in [1.29, 1.82) is 0 Å². The van der Waals surface area contributed by atoms with Gasteiger partial charge in [-0.2, -0.15) is 0 Å². The number of hydrogen-bond donors (Lipinski definition) is 2. The van der Waals surface area contributed by atoms with Gasteiger partial charge in [0.15, 0.2) is 0 Å². The van der Waals surface area contributed by atoms with Crippen LogP contribution in [0, 0.1) is 0 Å². The van der Waals surface area contributed by atoms with E-state index in [1.165, 1.54) is 16.7 Å². The molecule has 0 unspecified atom stereocenters. The minimum absolute atomic E-state index is 0.109. The number of nitrogens with one attached hydrogen (secondary N) is 2. The lowest BCUT2D eigenvalue weighted by Crippen LogP contribution is -2.48. The Hall–Kier alpha value is -2.38. The second-order valence-electron chi connectivity index (χ2n) is 8.07. The Morgan fingerprint density at radius 3 is 2.45 bits per heavy atom. The molecule has 1 aliphatic heterocycles. The number of sulfonamides is 1. The third-order valence-corrected chi connectivity index (χ3v) is 7.73. The number of benzene rings is 2. The van der Waals surface area contributed by atoms with E-state index in [-0.39, 0.29) is 12.1 Å². The molecule has 6 nitrogen and oxygen atoms in total. The van der Waals surface area contributed by atoms with Gasteiger partial charge in [-0.05, 0) is 55.0 Å². The lowest BCUT2D eigenvalue weighted by atomic mass is 10.0. The van der Waals surface area contributed by atoms with E-state index in [2.05, 4.69) is 28.2 Å². The molecule has 0 radical (unpaired) electrons. The summed E-state index contributed by atoms with van der Waals surface area (Å²) in [6.45, 7) is 4.40. The molecule has 1 saturated heterocycles. The first-order valence-electron chi connectivity index (χ1n) is 10.1. The summed E-state index contributed by atoms with van der Waals surface area (Å²) in [5.74, 6) is 0. The molecule has 1 heterocycles. The van der Waals surface area contributed by atoms with Gasteiger partial charge < -0.3 is 10.2 Å². The molecule has 2 aromatic rings. The number of rotatable bonds is 4. The average molecular weight is 414 g/mol. The van der Waals surface area contributed by atoms with Crippen LogP contribution in [0.15, 0.2) is 42.5 Å². The Bertz CT molecular complexity index is 1030. The summed E-state index contributed by atoms with van der Waals surface area (Å²) >= 11 is 0. The van der Waals surface area contributed by atoms with Gasteiger partial charge in [-0.25, -0.2) is 17.9 Å². The molecule has 29 heavy (non-hydrogen) atoms. The number of amides is 2. The molecule has 0 saturated carbocycles. The number of hydrogen-bond acceptors (Lipinski definition) is 3. The van der Waals surface area contributed by atoms with Crippen LogP contribution in [-0.2, 0) is 16.4 Å². The van der Waals surface area contributed by atoms with Crippen molar-refractivity contribution in [1.82, 2.24) is 9.62 Å². The Balaban J connectivity index is 1.40. The zero-order valence-corrected chi connectivity index (χ0v) is 17.6. The maximum atomic E-state index is 12.8. The van der Waals surface area contributed by atoms with Gasteiger partial charge in [0.05, 0.1) is 5.25 Å². The highest BCUT2D eigenvalue weighted by Gasteiger charge is 2.28. The predicted octanol–water partition coefficient (Wildman–Crippen LogP) is 3.58. The Morgan fingerprint density at radius 2 is 1.72 bits per heavy atom. The number of carbonyl (C=O) groups excluding carboxylic acids is 1. The molecule has 2 amide bonds. The molecule has 0 spiro atoms. The number of anilines is 1. The largest absolute Gasteiger partial charge is 0.324 e. The Labute approximate surface area is 172 Å². The van der Waals surface area contributed by atoms with E-state index < -0.39 is 15.3 Å². The first-order chi connectivity index (χ1) is 13.8. The minimum atomic E-state index is -3.29. The molecule has 1 fully saturated rings. The van der Waals surface area contributed by atoms with Crippen molar-refractivity contribution in [3.05, 3.63) is 53.6 Å². The molecule has 0 aromatic heterocycles. The van der Waals surface area contributed by atoms with Gasteiger partial charge in [0.2, 0.25) is 10.0 Å². The van der Waals surface area contributed by atoms with E-state index >= 15 is 0 Å². The van der Waals surface area contributed by atoms with Crippen LogP contribution in [0.5, 0.6) is 0 Å². The van der Waals surface area contributed by atoms with Crippen molar-refractivity contribution < 1.29 is 13.2 Å². The van der Waals surface area contributed by atoms with Gasteiger partial charge in [0.25, 0.3) is 0 Å². The van der Waals surface area contributed by atoms with E-state index in [0.717, 1.165) is 17.7 Å². The number of urea groups is 1. The van der Waals surface area contributed by atoms with Crippen LogP contribution in [0.1, 0.15) is 37.8 Å². The Kier molecular flexibility index (Phi) is 5.36. The van der Waals surface area contributed by atoms with Crippen LogP contribution in [0.25, 0.3) is 11.1 Å². The van der Waals surface area contributed by atoms with Crippen LogP contribution in [-0.4, -0.2) is 43.7 Å². The summed E-state index contributed by atoms with van der Waals surface area (Å²) < 4.78 is 26.9. The van der Waals surface area contributed by atoms with E-state index in [1.54, 1.807) is 18.7 Å². The number of fused-ring (bicyclic) bond motifs is 3. The number of nitrogens with zero attached hydrogens (tertiary/aromatic N) is 1. The maximum absolute atomic E-state index is 12.8. The Morgan fingerprint density at radius 1 is 1.03 bits per heavy atom. The van der Waals surface area contributed by atoms with Crippen molar-refractivity contribution >= 4 is 21.7 Å². The highest BCUT2D eigenvalue weighted by molar-refractivity contribution is 7.90. The fourth-order valence-corrected chi connectivity index (χ4v) is 5.01. The highest BCUT2D eigenvalue weighted by Crippen LogP contribution is 2.40. The number of likely N-dealkylation sites (tertiary alicyclic amines) is 1. The van der Waals surface area contributed by atoms with E-state index in [1.807, 2.05) is 24.3 Å². The third-order valence-electron chi connectivity index (χ3n) is 5.83. The quantitative estimate of drug-likeness (QED) is 0.686. The van der Waals surface area contributed by atoms with Crippen molar-refractivity contribution in [2.75, 3.05) is 18.4 Å². The lowest BCUT2D eigenvalue weighted by molar-refractivity contribution is 0.193. The van der Waals surface area contributed by atoms with Crippen molar-refractivity contribution in [2.45, 2.75) is 44.4 Å². The second kappa shape index (κ2) is 7.80. The minimum Gasteiger partial charge on any atom is -0.324 e. The normalized spacial score (nSPS) is 16.6. The van der Waals surface area contributed by atoms with Crippen LogP contribution in [0.3, 0.4) is 0 Å². The molecule has 2 aliphatic rings. The summed E-state index contributed by atoms with van der Waals surface area (Å²) in [5, 5.41) is 2.63. The first kappa shape index (κ1) is 19.9. The highest BCUT2D eigenvalue weighted by atomic mass is 32.2. The van der Waals surface area contributed by atoms with Gasteiger partial charge >= 0.3 is 6.03 Å². The zero-order valence-electron chi connectivity index (χ0n) is 16.8. The van der Waals surface area contributed by atoms with Crippen LogP contribution < -0.4 is 10.0 Å². The fraction of sp³-hybridized carbons (Fsp3) is 0.409. The lowest BCUT2D eigenvalue weighted by Gasteiger charge is -2.32. The van der Waals surface area contributed by atoms with Crippen molar-refractivity contribution in [2.24, 2.45) is 0 Å². The second-order valence-corrected chi connectivity index (χ2v) is 10.3. The zero-order chi connectivity index (χ0) is 20.6. The molecule has 2 N–H and O–H groups in total. The third kappa shape index (κ3) is 4.02. The van der Waals surface area contributed by atoms with E-state index in [4.69, 9.17) is 0 Å². The summed E-state index contributed by atoms with van der Waals surface area (Å²) in [7, 11) is -3.29. The molecule has 7 heteroatoms. The van der Waals surface area contributed by atoms with Gasteiger partial charge in [0.1, 0.15) is 0 Å². The van der Waals surface area contributed by atoms with Gasteiger partial charge in [0, 0.05) is 31.2 Å². The SMILES string of the molecule is CC(C)S(=O)(=O)NC1CCN(C(=O)Nc2cccc3c2Cc2ccccc2-3)CC1. The number of carbonyl (C=O) groups is 1. The standard InChI is InChI=1S/C22H27N3O3S/c1-15(2)29(27,28)24-17-10-12-25(13-11-17)22(26)23-21-9-5-8-19-18-7-4-3-6-16(18)14-20(19)21/h3-9,15,17,24H,10-14H2,1-2H3,(H,23,26). The van der Waals surface area contributed by atoms with Gasteiger partial charge in [-0.3, -0.25) is 0 Å². The molecule has 0 atom stereocenters. The summed E-state index contributed by atoms with van der Waals surface area (Å²) in [4.78, 5) is 14.6. The number of piperidine rings is 1. The molecule has 1 aliphatic carbocycles. The van der Waals surface area contributed by atoms with Crippen molar-refractivity contribution in [3.63, 3.8) is 0 Å². The van der Waals surface area contributed by atoms with Crippen molar-refractivity contribution in [3.8, 4) is 11.1 Å². The fourth-order valence-electron chi connectivity index (χ4n) is 4.04. The maximum Gasteiger partial charge on any atom is 0.321 e. The molecule has 2 aromatic carbocycles. The first-order valence-corrected chi connectivity index (χ1v) is 11.7. The van der Waals surface area contributed by atoms with Crippen LogP contribution in [0.2, 0.25) is 0 Å².